The van der Waals surface area contributed by atoms with Gasteiger partial charge in [0, 0.05) is 18.7 Å². The Bertz CT molecular complexity index is 901. The molecule has 1 unspecified atom stereocenters. The summed E-state index contributed by atoms with van der Waals surface area (Å²) in [5.41, 5.74) is -1.15. The Morgan fingerprint density at radius 1 is 1.24 bits per heavy atom. The number of sulfonamides is 1. The van der Waals surface area contributed by atoms with Crippen LogP contribution in [0.2, 0.25) is 0 Å². The van der Waals surface area contributed by atoms with Gasteiger partial charge in [-0.3, -0.25) is 0 Å². The van der Waals surface area contributed by atoms with Crippen LogP contribution < -0.4 is 4.72 Å². The van der Waals surface area contributed by atoms with Gasteiger partial charge >= 0.3 is 6.18 Å². The van der Waals surface area contributed by atoms with Gasteiger partial charge in [-0.2, -0.15) is 13.2 Å². The van der Waals surface area contributed by atoms with Crippen molar-refractivity contribution in [1.29, 1.82) is 0 Å². The van der Waals surface area contributed by atoms with Gasteiger partial charge in [0.2, 0.25) is 10.0 Å². The van der Waals surface area contributed by atoms with Crippen molar-refractivity contribution < 1.29 is 26.1 Å². The minimum absolute atomic E-state index is 0.0277. The number of halogens is 3. The van der Waals surface area contributed by atoms with E-state index in [1.165, 1.54) is 37.8 Å². The molecule has 3 heterocycles. The van der Waals surface area contributed by atoms with Crippen LogP contribution in [0.25, 0.3) is 10.6 Å². The molecule has 0 bridgehead atoms. The number of nitrogens with one attached hydrogen (secondary N) is 1. The van der Waals surface area contributed by atoms with Crippen molar-refractivity contribution in [3.8, 4) is 10.6 Å². The molecule has 11 heteroatoms. The van der Waals surface area contributed by atoms with Crippen LogP contribution in [0.1, 0.15) is 44.7 Å². The van der Waals surface area contributed by atoms with Crippen molar-refractivity contribution in [3.63, 3.8) is 0 Å². The predicted octanol–water partition coefficient (Wildman–Crippen LogP) is 4.35. The van der Waals surface area contributed by atoms with Gasteiger partial charge in [0.05, 0.1) is 4.88 Å². The lowest BCUT2D eigenvalue weighted by Gasteiger charge is -2.27. The van der Waals surface area contributed by atoms with Gasteiger partial charge in [-0.15, -0.1) is 11.3 Å². The lowest BCUT2D eigenvalue weighted by molar-refractivity contribution is -0.142. The van der Waals surface area contributed by atoms with Crippen molar-refractivity contribution in [3.05, 3.63) is 23.9 Å². The highest BCUT2D eigenvalue weighted by Crippen LogP contribution is 2.35. The first-order valence-corrected chi connectivity index (χ1v) is 11.8. The Kier molecular flexibility index (Phi) is 7.02. The van der Waals surface area contributed by atoms with Crippen LogP contribution in [0.5, 0.6) is 0 Å². The molecule has 1 fully saturated rings. The number of hydrogen-bond donors (Lipinski definition) is 1. The zero-order valence-electron chi connectivity index (χ0n) is 16.0. The van der Waals surface area contributed by atoms with Gasteiger partial charge in [-0.25, -0.2) is 13.1 Å². The monoisotopic (exact) mass is 451 g/mol. The maximum absolute atomic E-state index is 12.6. The molecule has 3 rings (SSSR count). The van der Waals surface area contributed by atoms with Crippen LogP contribution >= 0.6 is 11.3 Å². The van der Waals surface area contributed by atoms with E-state index in [1.807, 2.05) is 0 Å². The second-order valence-corrected chi connectivity index (χ2v) is 10.3. The molecule has 1 aliphatic heterocycles. The molecular weight excluding hydrogens is 427 g/mol. The number of hydrogen-bond acceptors (Lipinski definition) is 6. The minimum Gasteiger partial charge on any atom is -0.355 e. The van der Waals surface area contributed by atoms with E-state index in [2.05, 4.69) is 21.7 Å². The van der Waals surface area contributed by atoms with Crippen LogP contribution in [0.4, 0.5) is 13.2 Å². The summed E-state index contributed by atoms with van der Waals surface area (Å²) >= 11 is 0.845. The molecular formula is C18H24F3N3O3S2. The second kappa shape index (κ2) is 9.15. The summed E-state index contributed by atoms with van der Waals surface area (Å²) in [6.07, 6.45) is 0.907. The minimum atomic E-state index is -4.61. The van der Waals surface area contributed by atoms with Crippen molar-refractivity contribution in [2.45, 2.75) is 55.5 Å². The third-order valence-corrected chi connectivity index (χ3v) is 8.06. The molecule has 0 saturated carbocycles. The van der Waals surface area contributed by atoms with Gasteiger partial charge in [-0.05, 0) is 51.4 Å². The molecule has 1 N–H and O–H groups in total. The maximum atomic E-state index is 12.6. The Labute approximate surface area is 172 Å². The zero-order valence-corrected chi connectivity index (χ0v) is 17.7. The highest BCUT2D eigenvalue weighted by atomic mass is 32.2. The molecule has 1 aliphatic rings. The number of thiophene rings is 1. The Balaban J connectivity index is 1.58. The SMILES string of the molecule is CC(CCNS(=O)(=O)c1ccc(-c2cc(C(F)(F)F)no2)s1)N1CCCCCC1. The fourth-order valence-electron chi connectivity index (χ4n) is 3.31. The van der Waals surface area contributed by atoms with Crippen LogP contribution in [-0.4, -0.2) is 44.2 Å². The second-order valence-electron chi connectivity index (χ2n) is 7.18. The predicted molar refractivity (Wildman–Crippen MR) is 104 cm³/mol. The molecule has 1 atom stereocenters. The van der Waals surface area contributed by atoms with Crippen molar-refractivity contribution in [1.82, 2.24) is 14.8 Å². The summed E-state index contributed by atoms with van der Waals surface area (Å²) in [6, 6.07) is 3.82. The van der Waals surface area contributed by atoms with Crippen LogP contribution in [-0.2, 0) is 16.2 Å². The fourth-order valence-corrected chi connectivity index (χ4v) is 5.66. The smallest absolute Gasteiger partial charge is 0.355 e. The molecule has 0 radical (unpaired) electrons. The Morgan fingerprint density at radius 3 is 2.55 bits per heavy atom. The van der Waals surface area contributed by atoms with Crippen LogP contribution in [0.3, 0.4) is 0 Å². The van der Waals surface area contributed by atoms with Crippen LogP contribution in [0.15, 0.2) is 26.9 Å². The molecule has 2 aromatic heterocycles. The number of nitrogens with zero attached hydrogens (tertiary/aromatic N) is 2. The average molecular weight is 452 g/mol. The summed E-state index contributed by atoms with van der Waals surface area (Å²) < 4.78 is 70.3. The number of alkyl halides is 3. The summed E-state index contributed by atoms with van der Waals surface area (Å²) in [5.74, 6) is -0.112. The van der Waals surface area contributed by atoms with Gasteiger partial charge in [0.15, 0.2) is 11.5 Å². The van der Waals surface area contributed by atoms with E-state index in [-0.39, 0.29) is 20.9 Å². The van der Waals surface area contributed by atoms with E-state index in [0.717, 1.165) is 30.5 Å². The van der Waals surface area contributed by atoms with Gasteiger partial charge in [-0.1, -0.05) is 18.0 Å². The van der Waals surface area contributed by atoms with E-state index in [0.29, 0.717) is 13.0 Å². The Hall–Kier alpha value is -1.43. The lowest BCUT2D eigenvalue weighted by Crippen LogP contribution is -2.37. The Morgan fingerprint density at radius 2 is 1.93 bits per heavy atom. The fraction of sp³-hybridized carbons (Fsp3) is 0.611. The van der Waals surface area contributed by atoms with E-state index in [4.69, 9.17) is 4.52 Å². The highest BCUT2D eigenvalue weighted by Gasteiger charge is 2.35. The number of likely N-dealkylation sites (tertiary alicyclic amines) is 1. The molecule has 0 aromatic carbocycles. The first-order valence-electron chi connectivity index (χ1n) is 9.54. The first kappa shape index (κ1) is 22.3. The van der Waals surface area contributed by atoms with Crippen molar-refractivity contribution >= 4 is 21.4 Å². The molecule has 2 aromatic rings. The lowest BCUT2D eigenvalue weighted by atomic mass is 10.2. The van der Waals surface area contributed by atoms with Gasteiger partial charge in [0.25, 0.3) is 0 Å². The number of aromatic nitrogens is 1. The molecule has 0 amide bonds. The first-order chi connectivity index (χ1) is 13.7. The molecule has 1 saturated heterocycles. The van der Waals surface area contributed by atoms with E-state index >= 15 is 0 Å². The van der Waals surface area contributed by atoms with Crippen molar-refractivity contribution in [2.24, 2.45) is 0 Å². The third kappa shape index (κ3) is 5.80. The third-order valence-electron chi connectivity index (χ3n) is 5.01. The van der Waals surface area contributed by atoms with Crippen LogP contribution in [0, 0.1) is 0 Å². The van der Waals surface area contributed by atoms with Gasteiger partial charge in [0.1, 0.15) is 4.21 Å². The van der Waals surface area contributed by atoms with E-state index in [9.17, 15) is 21.6 Å². The topological polar surface area (TPSA) is 75.4 Å². The largest absolute Gasteiger partial charge is 0.436 e. The summed E-state index contributed by atoms with van der Waals surface area (Å²) in [6.45, 7) is 4.48. The zero-order chi connectivity index (χ0) is 21.1. The molecule has 6 nitrogen and oxygen atoms in total. The normalized spacial score (nSPS) is 17.9. The number of rotatable bonds is 7. The summed E-state index contributed by atoms with van der Waals surface area (Å²) in [4.78, 5) is 2.67. The quantitative estimate of drug-likeness (QED) is 0.677. The van der Waals surface area contributed by atoms with Gasteiger partial charge < -0.3 is 9.42 Å². The van der Waals surface area contributed by atoms with Crippen molar-refractivity contribution in [2.75, 3.05) is 19.6 Å². The molecule has 162 valence electrons. The maximum Gasteiger partial charge on any atom is 0.436 e. The summed E-state index contributed by atoms with van der Waals surface area (Å²) in [5, 5.41) is 2.99. The summed E-state index contributed by atoms with van der Waals surface area (Å²) in [7, 11) is -3.74. The van der Waals surface area contributed by atoms with E-state index < -0.39 is 21.9 Å². The average Bonchev–Trinajstić information content (AvgIpc) is 3.25. The molecule has 0 aliphatic carbocycles. The molecule has 29 heavy (non-hydrogen) atoms. The highest BCUT2D eigenvalue weighted by molar-refractivity contribution is 7.91. The van der Waals surface area contributed by atoms with E-state index in [1.54, 1.807) is 0 Å². The standard InChI is InChI=1S/C18H24F3N3O3S2/c1-13(24-10-4-2-3-5-11-24)8-9-22-29(25,26)17-7-6-15(28-17)14-12-16(23-27-14)18(19,20)21/h6-7,12-13,22H,2-5,8-11H2,1H3. The molecule has 0 spiro atoms.